The van der Waals surface area contributed by atoms with Gasteiger partial charge in [0.1, 0.15) is 0 Å². The topological polar surface area (TPSA) is 79.1 Å². The molecule has 2 fully saturated rings. The van der Waals surface area contributed by atoms with Crippen LogP contribution in [0.5, 0.6) is 0 Å². The fourth-order valence-corrected chi connectivity index (χ4v) is 4.20. The zero-order valence-corrected chi connectivity index (χ0v) is 16.4. The van der Waals surface area contributed by atoms with Crippen LogP contribution in [-0.4, -0.2) is 62.0 Å². The molecule has 1 saturated heterocycles. The summed E-state index contributed by atoms with van der Waals surface area (Å²) in [7, 11) is 2.16. The van der Waals surface area contributed by atoms with Crippen molar-refractivity contribution < 1.29 is 5.11 Å². The van der Waals surface area contributed by atoms with E-state index in [-0.39, 0.29) is 12.1 Å². The molecule has 4 rings (SSSR count). The van der Waals surface area contributed by atoms with Gasteiger partial charge >= 0.3 is 0 Å². The van der Waals surface area contributed by atoms with Crippen LogP contribution in [-0.2, 0) is 0 Å². The lowest BCUT2D eigenvalue weighted by molar-refractivity contribution is 0.116. The van der Waals surface area contributed by atoms with E-state index in [0.717, 1.165) is 57.2 Å². The zero-order valence-electron chi connectivity index (χ0n) is 15.7. The molecule has 2 aromatic heterocycles. The number of aromatic nitrogens is 4. The third-order valence-corrected chi connectivity index (χ3v) is 6.00. The molecule has 1 aliphatic carbocycles. The van der Waals surface area contributed by atoms with Crippen molar-refractivity contribution in [1.82, 2.24) is 24.6 Å². The highest BCUT2D eigenvalue weighted by Gasteiger charge is 2.24. The van der Waals surface area contributed by atoms with Crippen molar-refractivity contribution in [2.24, 2.45) is 0 Å². The molecule has 1 saturated carbocycles. The summed E-state index contributed by atoms with van der Waals surface area (Å²) < 4.78 is 2.04. The second-order valence-corrected chi connectivity index (χ2v) is 8.14. The number of hydrogen-bond donors (Lipinski definition) is 2. The van der Waals surface area contributed by atoms with Crippen molar-refractivity contribution in [2.45, 2.75) is 56.7 Å². The van der Waals surface area contributed by atoms with E-state index in [0.29, 0.717) is 22.7 Å². The number of nitrogens with one attached hydrogen (secondary N) is 1. The van der Waals surface area contributed by atoms with E-state index in [9.17, 15) is 5.11 Å². The Hall–Kier alpha value is -1.70. The summed E-state index contributed by atoms with van der Waals surface area (Å²) in [5, 5.41) is 18.5. The molecule has 0 bridgehead atoms. The van der Waals surface area contributed by atoms with Crippen LogP contribution in [0.25, 0.3) is 11.3 Å². The molecule has 0 spiro atoms. The van der Waals surface area contributed by atoms with Crippen LogP contribution in [0.2, 0.25) is 5.02 Å². The van der Waals surface area contributed by atoms with Gasteiger partial charge in [0.15, 0.2) is 0 Å². The first-order valence-electron chi connectivity index (χ1n) is 9.80. The summed E-state index contributed by atoms with van der Waals surface area (Å²) in [5.74, 6) is 0.507. The first kappa shape index (κ1) is 18.7. The van der Waals surface area contributed by atoms with Gasteiger partial charge in [0.25, 0.3) is 0 Å². The van der Waals surface area contributed by atoms with E-state index >= 15 is 0 Å². The third-order valence-electron chi connectivity index (χ3n) is 5.73. The Balaban J connectivity index is 1.51. The second kappa shape index (κ2) is 8.12. The lowest BCUT2D eigenvalue weighted by Gasteiger charge is -2.29. The van der Waals surface area contributed by atoms with Gasteiger partial charge in [-0.2, -0.15) is 5.10 Å². The summed E-state index contributed by atoms with van der Waals surface area (Å²) in [4.78, 5) is 11.3. The largest absolute Gasteiger partial charge is 0.391 e. The predicted molar refractivity (Wildman–Crippen MR) is 106 cm³/mol. The molecule has 0 amide bonds. The molecular weight excluding hydrogens is 364 g/mol. The van der Waals surface area contributed by atoms with E-state index in [1.807, 2.05) is 17.1 Å². The smallest absolute Gasteiger partial charge is 0.223 e. The van der Waals surface area contributed by atoms with Crippen molar-refractivity contribution in [3.8, 4) is 11.3 Å². The van der Waals surface area contributed by atoms with E-state index in [1.165, 1.54) is 0 Å². The number of anilines is 1. The van der Waals surface area contributed by atoms with E-state index < -0.39 is 0 Å². The van der Waals surface area contributed by atoms with Gasteiger partial charge in [-0.15, -0.1) is 0 Å². The predicted octanol–water partition coefficient (Wildman–Crippen LogP) is 2.98. The van der Waals surface area contributed by atoms with Gasteiger partial charge < -0.3 is 15.3 Å². The molecule has 27 heavy (non-hydrogen) atoms. The lowest BCUT2D eigenvalue weighted by atomic mass is 9.93. The summed E-state index contributed by atoms with van der Waals surface area (Å²) in [5.41, 5.74) is 1.58. The van der Waals surface area contributed by atoms with Gasteiger partial charge in [-0.3, -0.25) is 4.68 Å². The molecule has 2 N–H and O–H groups in total. The third kappa shape index (κ3) is 4.25. The molecule has 0 aromatic carbocycles. The minimum absolute atomic E-state index is 0.00488. The van der Waals surface area contributed by atoms with Gasteiger partial charge in [-0.1, -0.05) is 24.4 Å². The van der Waals surface area contributed by atoms with Crippen LogP contribution in [0, 0.1) is 0 Å². The highest BCUT2D eigenvalue weighted by atomic mass is 35.5. The quantitative estimate of drug-likeness (QED) is 0.835. The maximum Gasteiger partial charge on any atom is 0.223 e. The number of halogens is 1. The van der Waals surface area contributed by atoms with Gasteiger partial charge in [-0.25, -0.2) is 9.97 Å². The molecule has 3 heterocycles. The molecule has 7 nitrogen and oxygen atoms in total. The maximum absolute atomic E-state index is 10.2. The van der Waals surface area contributed by atoms with Crippen LogP contribution >= 0.6 is 11.6 Å². The monoisotopic (exact) mass is 390 g/mol. The molecule has 2 unspecified atom stereocenters. The number of piperidine rings is 1. The SMILES string of the molecule is CN1CCC(n2cc(-c3nc(NC4CCCCC4O)ncc3Cl)cn2)CC1. The minimum Gasteiger partial charge on any atom is -0.391 e. The first-order chi connectivity index (χ1) is 13.1. The molecule has 1 aliphatic heterocycles. The Bertz CT molecular complexity index is 773. The lowest BCUT2D eigenvalue weighted by Crippen LogP contribution is -2.36. The number of aliphatic hydroxyl groups is 1. The van der Waals surface area contributed by atoms with Crippen molar-refractivity contribution in [1.29, 1.82) is 0 Å². The number of hydrogen-bond acceptors (Lipinski definition) is 6. The highest BCUT2D eigenvalue weighted by molar-refractivity contribution is 6.32. The van der Waals surface area contributed by atoms with Crippen molar-refractivity contribution >= 4 is 17.5 Å². The number of nitrogens with zero attached hydrogens (tertiary/aromatic N) is 5. The van der Waals surface area contributed by atoms with Gasteiger partial charge in [0.2, 0.25) is 5.95 Å². The van der Waals surface area contributed by atoms with Gasteiger partial charge in [-0.05, 0) is 45.8 Å². The van der Waals surface area contributed by atoms with Crippen molar-refractivity contribution in [3.05, 3.63) is 23.6 Å². The number of likely N-dealkylation sites (tertiary alicyclic amines) is 1. The standard InChI is InChI=1S/C19H27ClN6O/c1-25-8-6-14(7-9-25)26-12-13(10-22-26)18-15(20)11-21-19(24-18)23-16-4-2-3-5-17(16)27/h10-12,14,16-17,27H,2-9H2,1H3,(H,21,23,24). The normalized spacial score (nSPS) is 24.9. The maximum atomic E-state index is 10.2. The van der Waals surface area contributed by atoms with Crippen LogP contribution in [0.15, 0.2) is 18.6 Å². The van der Waals surface area contributed by atoms with Crippen molar-refractivity contribution in [3.63, 3.8) is 0 Å². The van der Waals surface area contributed by atoms with Gasteiger partial charge in [0, 0.05) is 11.8 Å². The fourth-order valence-electron chi connectivity index (χ4n) is 4.00. The Kier molecular flexibility index (Phi) is 5.61. The van der Waals surface area contributed by atoms with E-state index in [1.54, 1.807) is 6.20 Å². The summed E-state index contributed by atoms with van der Waals surface area (Å²) >= 11 is 6.37. The highest BCUT2D eigenvalue weighted by Crippen LogP contribution is 2.29. The molecule has 2 aromatic rings. The zero-order chi connectivity index (χ0) is 18.8. The molecule has 0 radical (unpaired) electrons. The molecule has 2 aliphatic rings. The van der Waals surface area contributed by atoms with E-state index in [2.05, 4.69) is 32.3 Å². The fraction of sp³-hybridized carbons (Fsp3) is 0.632. The summed E-state index contributed by atoms with van der Waals surface area (Å²) in [6.45, 7) is 2.18. The average Bonchev–Trinajstić information content (AvgIpc) is 3.15. The first-order valence-corrected chi connectivity index (χ1v) is 10.2. The molecule has 146 valence electrons. The van der Waals surface area contributed by atoms with Crippen LogP contribution in [0.1, 0.15) is 44.6 Å². The Morgan fingerprint density at radius 2 is 1.93 bits per heavy atom. The van der Waals surface area contributed by atoms with Crippen LogP contribution in [0.3, 0.4) is 0 Å². The average molecular weight is 391 g/mol. The van der Waals surface area contributed by atoms with Crippen LogP contribution in [0.4, 0.5) is 5.95 Å². The minimum atomic E-state index is -0.353. The Morgan fingerprint density at radius 1 is 1.15 bits per heavy atom. The second-order valence-electron chi connectivity index (χ2n) is 7.74. The van der Waals surface area contributed by atoms with Gasteiger partial charge in [0.05, 0.1) is 41.3 Å². The van der Waals surface area contributed by atoms with Crippen molar-refractivity contribution in [2.75, 3.05) is 25.5 Å². The Morgan fingerprint density at radius 3 is 2.70 bits per heavy atom. The molecule has 8 heteroatoms. The number of aliphatic hydroxyl groups excluding tert-OH is 1. The van der Waals surface area contributed by atoms with Crippen LogP contribution < -0.4 is 5.32 Å². The number of rotatable bonds is 4. The summed E-state index contributed by atoms with van der Waals surface area (Å²) in [6, 6.07) is 0.417. The molecule has 2 atom stereocenters. The summed E-state index contributed by atoms with van der Waals surface area (Å²) in [6.07, 6.45) is 11.2. The Labute approximate surface area is 164 Å². The molecular formula is C19H27ClN6O. The van der Waals surface area contributed by atoms with E-state index in [4.69, 9.17) is 11.6 Å².